The number of carbonyl (C=O) groups excluding carboxylic acids is 1. The van der Waals surface area contributed by atoms with E-state index in [9.17, 15) is 4.79 Å². The van der Waals surface area contributed by atoms with Gasteiger partial charge in [0.25, 0.3) is 0 Å². The predicted molar refractivity (Wildman–Crippen MR) is 166 cm³/mol. The molecule has 3 rings (SSSR count). The molecule has 4 nitrogen and oxygen atoms in total. The lowest BCUT2D eigenvalue weighted by atomic mass is 9.78. The Bertz CT molecular complexity index is 981. The highest BCUT2D eigenvalue weighted by Gasteiger charge is 2.20. The molecular formula is C35H51ClO4. The van der Waals surface area contributed by atoms with Gasteiger partial charge in [-0.1, -0.05) is 96.1 Å². The third-order valence-corrected chi connectivity index (χ3v) is 8.50. The Morgan fingerprint density at radius 3 is 2.10 bits per heavy atom. The van der Waals surface area contributed by atoms with Crippen molar-refractivity contribution >= 4 is 17.6 Å². The molecule has 2 aromatic carbocycles. The Morgan fingerprint density at radius 1 is 0.825 bits per heavy atom. The summed E-state index contributed by atoms with van der Waals surface area (Å²) >= 11 is 6.42. The van der Waals surface area contributed by atoms with E-state index in [4.69, 9.17) is 25.8 Å². The number of halogens is 1. The number of ether oxygens (including phenoxy) is 3. The summed E-state index contributed by atoms with van der Waals surface area (Å²) in [5.41, 5.74) is 0.392. The lowest BCUT2D eigenvalue weighted by Gasteiger charge is -2.28. The van der Waals surface area contributed by atoms with Gasteiger partial charge in [-0.15, -0.1) is 0 Å². The van der Waals surface area contributed by atoms with Crippen molar-refractivity contribution < 1.29 is 19.0 Å². The van der Waals surface area contributed by atoms with E-state index >= 15 is 0 Å². The van der Waals surface area contributed by atoms with Gasteiger partial charge in [-0.2, -0.15) is 0 Å². The molecule has 0 spiro atoms. The molecule has 1 saturated carbocycles. The van der Waals surface area contributed by atoms with E-state index in [1.807, 2.05) is 12.1 Å². The second-order valence-electron chi connectivity index (χ2n) is 11.7. The fourth-order valence-corrected chi connectivity index (χ4v) is 5.91. The molecule has 0 unspecified atom stereocenters. The quantitative estimate of drug-likeness (QED) is 0.101. The first-order valence-electron chi connectivity index (χ1n) is 15.9. The van der Waals surface area contributed by atoms with Crippen LogP contribution in [0.15, 0.2) is 42.5 Å². The molecule has 1 aliphatic carbocycles. The van der Waals surface area contributed by atoms with Crippen LogP contribution in [-0.4, -0.2) is 18.7 Å². The van der Waals surface area contributed by atoms with Gasteiger partial charge in [0, 0.05) is 0 Å². The second kappa shape index (κ2) is 18.3. The number of unbranched alkanes of at least 4 members (excludes halogenated alkanes) is 5. The standard InChI is InChI=1S/C35H51ClO4/c1-4-6-8-10-12-27(3)39-34-24-19-30(26-33(34)36)35(37)40-32-22-20-31(21-23-32)38-25-11-14-29-17-15-28(16-18-29)13-9-7-5-2/h19-24,26-29H,4-18,25H2,1-3H3/t27-,28-,29-/m0/s1. The van der Waals surface area contributed by atoms with E-state index in [1.54, 1.807) is 30.3 Å². The SMILES string of the molecule is CCCCCC[C@H](C)Oc1ccc(C(=O)Oc2ccc(OCCC[C@H]3CC[C@H](CCCCC)CC3)cc2)cc1Cl. The van der Waals surface area contributed by atoms with Crippen molar-refractivity contribution in [2.75, 3.05) is 6.61 Å². The molecule has 5 heteroatoms. The average molecular weight is 571 g/mol. The summed E-state index contributed by atoms with van der Waals surface area (Å²) in [7, 11) is 0. The van der Waals surface area contributed by atoms with Crippen molar-refractivity contribution in [2.45, 2.75) is 123 Å². The molecule has 40 heavy (non-hydrogen) atoms. The molecule has 0 N–H and O–H groups in total. The Morgan fingerprint density at radius 2 is 1.45 bits per heavy atom. The number of rotatable bonds is 18. The first-order chi connectivity index (χ1) is 19.5. The fraction of sp³-hybridized carbons (Fsp3) is 0.629. The van der Waals surface area contributed by atoms with Crippen LogP contribution in [0.5, 0.6) is 17.2 Å². The largest absolute Gasteiger partial charge is 0.494 e. The van der Waals surface area contributed by atoms with Crippen molar-refractivity contribution in [3.8, 4) is 17.2 Å². The van der Waals surface area contributed by atoms with Crippen molar-refractivity contribution in [1.29, 1.82) is 0 Å². The van der Waals surface area contributed by atoms with Crippen LogP contribution in [0.3, 0.4) is 0 Å². The Kier molecular flexibility index (Phi) is 14.8. The molecule has 0 aromatic heterocycles. The lowest BCUT2D eigenvalue weighted by Crippen LogP contribution is -2.15. The fourth-order valence-electron chi connectivity index (χ4n) is 5.68. The van der Waals surface area contributed by atoms with Gasteiger partial charge < -0.3 is 14.2 Å². The first kappa shape index (κ1) is 32.3. The Balaban J connectivity index is 1.34. The topological polar surface area (TPSA) is 44.8 Å². The van der Waals surface area contributed by atoms with Crippen LogP contribution in [0.1, 0.15) is 127 Å². The molecule has 0 radical (unpaired) electrons. The van der Waals surface area contributed by atoms with Crippen LogP contribution in [0.2, 0.25) is 5.02 Å². The first-order valence-corrected chi connectivity index (χ1v) is 16.3. The molecule has 0 aliphatic heterocycles. The van der Waals surface area contributed by atoms with Gasteiger partial charge in [-0.05, 0) is 86.9 Å². The van der Waals surface area contributed by atoms with E-state index in [0.29, 0.717) is 22.1 Å². The molecule has 1 aliphatic rings. The maximum atomic E-state index is 12.7. The summed E-state index contributed by atoms with van der Waals surface area (Å²) in [6.45, 7) is 7.27. The average Bonchev–Trinajstić information content (AvgIpc) is 2.96. The third kappa shape index (κ3) is 11.7. The molecular weight excluding hydrogens is 520 g/mol. The Hall–Kier alpha value is -2.20. The van der Waals surface area contributed by atoms with Crippen LogP contribution in [0, 0.1) is 11.8 Å². The summed E-state index contributed by atoms with van der Waals surface area (Å²) in [5, 5.41) is 0.415. The molecule has 1 fully saturated rings. The van der Waals surface area contributed by atoms with Crippen LogP contribution >= 0.6 is 11.6 Å². The Labute approximate surface area is 248 Å². The van der Waals surface area contributed by atoms with Crippen molar-refractivity contribution in [2.24, 2.45) is 11.8 Å². The number of hydrogen-bond acceptors (Lipinski definition) is 4. The molecule has 1 atom stereocenters. The highest BCUT2D eigenvalue weighted by atomic mass is 35.5. The van der Waals surface area contributed by atoms with Gasteiger partial charge in [0.15, 0.2) is 0 Å². The van der Waals surface area contributed by atoms with Gasteiger partial charge in [0.1, 0.15) is 17.2 Å². The number of benzene rings is 2. The van der Waals surface area contributed by atoms with E-state index in [2.05, 4.69) is 20.8 Å². The van der Waals surface area contributed by atoms with Gasteiger partial charge in [-0.3, -0.25) is 0 Å². The zero-order chi connectivity index (χ0) is 28.6. The maximum Gasteiger partial charge on any atom is 0.343 e. The highest BCUT2D eigenvalue weighted by molar-refractivity contribution is 6.32. The summed E-state index contributed by atoms with van der Waals surface area (Å²) in [6, 6.07) is 12.3. The van der Waals surface area contributed by atoms with Gasteiger partial charge in [-0.25, -0.2) is 4.79 Å². The second-order valence-corrected chi connectivity index (χ2v) is 12.1. The summed E-state index contributed by atoms with van der Waals surface area (Å²) in [4.78, 5) is 12.7. The number of hydrogen-bond donors (Lipinski definition) is 0. The molecule has 0 heterocycles. The van der Waals surface area contributed by atoms with Gasteiger partial charge >= 0.3 is 5.97 Å². The van der Waals surface area contributed by atoms with E-state index in [1.165, 1.54) is 77.0 Å². The van der Waals surface area contributed by atoms with Crippen molar-refractivity contribution in [3.05, 3.63) is 53.1 Å². The van der Waals surface area contributed by atoms with Crippen LogP contribution < -0.4 is 14.2 Å². The molecule has 222 valence electrons. The van der Waals surface area contributed by atoms with Gasteiger partial charge in [0.05, 0.1) is 23.3 Å². The van der Waals surface area contributed by atoms with Gasteiger partial charge in [0.2, 0.25) is 0 Å². The molecule has 0 saturated heterocycles. The maximum absolute atomic E-state index is 12.7. The molecule has 2 aromatic rings. The summed E-state index contributed by atoms with van der Waals surface area (Å²) in [5.74, 6) is 3.25. The smallest absolute Gasteiger partial charge is 0.343 e. The van der Waals surface area contributed by atoms with Crippen LogP contribution in [-0.2, 0) is 0 Å². The van der Waals surface area contributed by atoms with Crippen LogP contribution in [0.25, 0.3) is 0 Å². The van der Waals surface area contributed by atoms with E-state index in [0.717, 1.165) is 43.5 Å². The lowest BCUT2D eigenvalue weighted by molar-refractivity contribution is 0.0734. The minimum atomic E-state index is -0.449. The van der Waals surface area contributed by atoms with E-state index in [-0.39, 0.29) is 6.10 Å². The summed E-state index contributed by atoms with van der Waals surface area (Å²) in [6.07, 6.45) is 19.4. The summed E-state index contributed by atoms with van der Waals surface area (Å²) < 4.78 is 17.5. The molecule has 0 amide bonds. The monoisotopic (exact) mass is 570 g/mol. The zero-order valence-corrected chi connectivity index (χ0v) is 25.9. The highest BCUT2D eigenvalue weighted by Crippen LogP contribution is 2.34. The van der Waals surface area contributed by atoms with Crippen molar-refractivity contribution in [3.63, 3.8) is 0 Å². The molecule has 0 bridgehead atoms. The zero-order valence-electron chi connectivity index (χ0n) is 25.1. The number of carbonyl (C=O) groups is 1. The van der Waals surface area contributed by atoms with E-state index < -0.39 is 5.97 Å². The number of esters is 1. The third-order valence-electron chi connectivity index (χ3n) is 8.20. The normalized spacial score (nSPS) is 17.8. The van der Waals surface area contributed by atoms with Crippen molar-refractivity contribution in [1.82, 2.24) is 0 Å². The predicted octanol–water partition coefficient (Wildman–Crippen LogP) is 10.8. The minimum Gasteiger partial charge on any atom is -0.494 e. The van der Waals surface area contributed by atoms with Crippen LogP contribution in [0.4, 0.5) is 0 Å². The minimum absolute atomic E-state index is 0.0769.